The van der Waals surface area contributed by atoms with Crippen molar-refractivity contribution in [2.45, 2.75) is 31.7 Å². The lowest BCUT2D eigenvalue weighted by molar-refractivity contribution is -0.138. The van der Waals surface area contributed by atoms with E-state index in [1.54, 1.807) is 12.4 Å². The maximum Gasteiger partial charge on any atom is 0.407 e. The van der Waals surface area contributed by atoms with Gasteiger partial charge in [-0.05, 0) is 28.7 Å². The van der Waals surface area contributed by atoms with Crippen LogP contribution in [0.25, 0.3) is 11.1 Å². The van der Waals surface area contributed by atoms with Gasteiger partial charge in [-0.1, -0.05) is 48.5 Å². The number of carbonyl (C=O) groups is 3. The molecular weight excluding hydrogens is 466 g/mol. The molecule has 0 fully saturated rings. The standard InChI is InChI=1S/C26H27N3O5S/c1-29(12-6-11-25(31)32)24(30)13-17-16-35-23(28-17)14-27-26(33)34-15-22-20-9-4-2-7-18(20)19-8-3-5-10-21(19)22/h2-5,7-10,16,22H,6,11-15H2,1H3,(H,27,33)(H,31,32). The van der Waals surface area contributed by atoms with Crippen molar-refractivity contribution < 1.29 is 24.2 Å². The molecule has 0 aliphatic heterocycles. The number of carboxylic acid groups (broad SMARTS) is 1. The molecule has 8 nitrogen and oxygen atoms in total. The first-order valence-corrected chi connectivity index (χ1v) is 12.3. The molecule has 1 heterocycles. The number of aromatic nitrogens is 1. The van der Waals surface area contributed by atoms with E-state index < -0.39 is 12.1 Å². The number of ether oxygens (including phenoxy) is 1. The van der Waals surface area contributed by atoms with Crippen LogP contribution in [0.3, 0.4) is 0 Å². The number of aliphatic carboxylic acids is 1. The lowest BCUT2D eigenvalue weighted by atomic mass is 9.98. The maximum absolute atomic E-state index is 12.4. The van der Waals surface area contributed by atoms with E-state index in [1.807, 2.05) is 24.3 Å². The summed E-state index contributed by atoms with van der Waals surface area (Å²) < 4.78 is 5.54. The van der Waals surface area contributed by atoms with Crippen LogP contribution in [0.2, 0.25) is 0 Å². The van der Waals surface area contributed by atoms with Crippen molar-refractivity contribution in [2.24, 2.45) is 0 Å². The van der Waals surface area contributed by atoms with E-state index in [1.165, 1.54) is 27.4 Å². The van der Waals surface area contributed by atoms with Crippen LogP contribution in [0, 0.1) is 0 Å². The number of carbonyl (C=O) groups excluding carboxylic acids is 2. The molecule has 0 spiro atoms. The fourth-order valence-electron chi connectivity index (χ4n) is 4.19. The third kappa shape index (κ3) is 6.05. The molecule has 1 aromatic heterocycles. The number of carboxylic acids is 1. The number of nitrogens with zero attached hydrogens (tertiary/aromatic N) is 2. The number of fused-ring (bicyclic) bond motifs is 3. The summed E-state index contributed by atoms with van der Waals surface area (Å²) in [6.07, 6.45) is 0.0486. The van der Waals surface area contributed by atoms with Crippen molar-refractivity contribution in [3.63, 3.8) is 0 Å². The van der Waals surface area contributed by atoms with E-state index in [2.05, 4.69) is 34.6 Å². The van der Waals surface area contributed by atoms with Gasteiger partial charge in [-0.3, -0.25) is 9.59 Å². The van der Waals surface area contributed by atoms with Gasteiger partial charge in [-0.25, -0.2) is 9.78 Å². The molecule has 2 N–H and O–H groups in total. The summed E-state index contributed by atoms with van der Waals surface area (Å²) in [4.78, 5) is 41.2. The highest BCUT2D eigenvalue weighted by Crippen LogP contribution is 2.44. The highest BCUT2D eigenvalue weighted by molar-refractivity contribution is 7.09. The Hall–Kier alpha value is -3.72. The van der Waals surface area contributed by atoms with E-state index >= 15 is 0 Å². The fourth-order valence-corrected chi connectivity index (χ4v) is 4.92. The summed E-state index contributed by atoms with van der Waals surface area (Å²) in [5.41, 5.74) is 5.28. The van der Waals surface area contributed by atoms with E-state index in [0.29, 0.717) is 23.7 Å². The van der Waals surface area contributed by atoms with Crippen molar-refractivity contribution in [1.82, 2.24) is 15.2 Å². The van der Waals surface area contributed by atoms with Gasteiger partial charge in [0.05, 0.1) is 18.7 Å². The van der Waals surface area contributed by atoms with Gasteiger partial charge in [0.15, 0.2) is 0 Å². The van der Waals surface area contributed by atoms with Gasteiger partial charge in [0.1, 0.15) is 11.6 Å². The number of rotatable bonds is 10. The number of nitrogens with one attached hydrogen (secondary N) is 1. The molecule has 1 aliphatic rings. The van der Waals surface area contributed by atoms with Gasteiger partial charge < -0.3 is 20.1 Å². The summed E-state index contributed by atoms with van der Waals surface area (Å²) in [6.45, 7) is 0.834. The summed E-state index contributed by atoms with van der Waals surface area (Å²) in [7, 11) is 1.65. The fraction of sp³-hybridized carbons (Fsp3) is 0.308. The van der Waals surface area contributed by atoms with Crippen LogP contribution < -0.4 is 5.32 Å². The normalized spacial score (nSPS) is 12.0. The van der Waals surface area contributed by atoms with Gasteiger partial charge in [0.2, 0.25) is 5.91 Å². The molecule has 0 bridgehead atoms. The molecule has 0 saturated heterocycles. The van der Waals surface area contributed by atoms with Gasteiger partial charge >= 0.3 is 12.1 Å². The minimum atomic E-state index is -0.876. The van der Waals surface area contributed by atoms with Crippen molar-refractivity contribution in [3.05, 3.63) is 75.7 Å². The highest BCUT2D eigenvalue weighted by atomic mass is 32.1. The minimum Gasteiger partial charge on any atom is -0.481 e. The molecule has 4 rings (SSSR count). The highest BCUT2D eigenvalue weighted by Gasteiger charge is 2.29. The average Bonchev–Trinajstić information content (AvgIpc) is 3.43. The summed E-state index contributed by atoms with van der Waals surface area (Å²) in [6, 6.07) is 16.3. The number of likely N-dealkylation sites (N-methyl/N-ethyl adjacent to an activating group) is 1. The number of alkyl carbamates (subject to hydrolysis) is 1. The maximum atomic E-state index is 12.4. The summed E-state index contributed by atoms with van der Waals surface area (Å²) in [5.74, 6) is -1.01. The molecule has 0 unspecified atom stereocenters. The number of amides is 2. The minimum absolute atomic E-state index is 0.00174. The van der Waals surface area contributed by atoms with Crippen LogP contribution in [0.1, 0.15) is 40.6 Å². The largest absolute Gasteiger partial charge is 0.481 e. The van der Waals surface area contributed by atoms with Gasteiger partial charge in [0.25, 0.3) is 0 Å². The smallest absolute Gasteiger partial charge is 0.407 e. The van der Waals surface area contributed by atoms with E-state index in [4.69, 9.17) is 9.84 Å². The van der Waals surface area contributed by atoms with Gasteiger partial charge in [-0.2, -0.15) is 0 Å². The molecule has 182 valence electrons. The first kappa shape index (κ1) is 24.4. The number of hydrogen-bond acceptors (Lipinski definition) is 6. The molecule has 0 radical (unpaired) electrons. The van der Waals surface area contributed by atoms with Crippen molar-refractivity contribution in [1.29, 1.82) is 0 Å². The Kier molecular flexibility index (Phi) is 7.77. The Labute approximate surface area is 207 Å². The second-order valence-electron chi connectivity index (χ2n) is 8.40. The van der Waals surface area contributed by atoms with E-state index in [-0.39, 0.29) is 37.8 Å². The Bertz CT molecular complexity index is 1180. The number of hydrogen-bond donors (Lipinski definition) is 2. The summed E-state index contributed by atoms with van der Waals surface area (Å²) >= 11 is 1.36. The third-order valence-electron chi connectivity index (χ3n) is 5.97. The van der Waals surface area contributed by atoms with Gasteiger partial charge in [-0.15, -0.1) is 11.3 Å². The predicted octanol–water partition coefficient (Wildman–Crippen LogP) is 4.05. The molecule has 2 aromatic carbocycles. The Morgan fingerprint density at radius 3 is 2.40 bits per heavy atom. The third-order valence-corrected chi connectivity index (χ3v) is 6.87. The quantitative estimate of drug-likeness (QED) is 0.441. The van der Waals surface area contributed by atoms with E-state index in [9.17, 15) is 14.4 Å². The average molecular weight is 494 g/mol. The Morgan fingerprint density at radius 1 is 1.09 bits per heavy atom. The van der Waals surface area contributed by atoms with Gasteiger partial charge in [0, 0.05) is 31.3 Å². The van der Waals surface area contributed by atoms with Crippen LogP contribution >= 0.6 is 11.3 Å². The first-order chi connectivity index (χ1) is 16.9. The van der Waals surface area contributed by atoms with Crippen LogP contribution in [0.4, 0.5) is 4.79 Å². The second-order valence-corrected chi connectivity index (χ2v) is 9.34. The monoisotopic (exact) mass is 493 g/mol. The molecule has 9 heteroatoms. The molecule has 3 aromatic rings. The zero-order valence-corrected chi connectivity index (χ0v) is 20.2. The Balaban J connectivity index is 1.24. The predicted molar refractivity (Wildman–Crippen MR) is 132 cm³/mol. The number of benzene rings is 2. The molecule has 35 heavy (non-hydrogen) atoms. The number of thiazole rings is 1. The van der Waals surface area contributed by atoms with Crippen LogP contribution in [-0.2, 0) is 27.3 Å². The zero-order chi connectivity index (χ0) is 24.8. The van der Waals surface area contributed by atoms with Crippen LogP contribution in [-0.4, -0.2) is 53.2 Å². The lowest BCUT2D eigenvalue weighted by Crippen LogP contribution is -2.29. The summed E-state index contributed by atoms with van der Waals surface area (Å²) in [5, 5.41) is 13.9. The van der Waals surface area contributed by atoms with Crippen LogP contribution in [0.15, 0.2) is 53.9 Å². The molecule has 0 atom stereocenters. The van der Waals surface area contributed by atoms with Crippen molar-refractivity contribution in [3.8, 4) is 11.1 Å². The van der Waals surface area contributed by atoms with Crippen molar-refractivity contribution in [2.75, 3.05) is 20.2 Å². The first-order valence-electron chi connectivity index (χ1n) is 11.4. The lowest BCUT2D eigenvalue weighted by Gasteiger charge is -2.15. The molecular formula is C26H27N3O5S. The topological polar surface area (TPSA) is 109 Å². The zero-order valence-electron chi connectivity index (χ0n) is 19.4. The van der Waals surface area contributed by atoms with Crippen LogP contribution in [0.5, 0.6) is 0 Å². The van der Waals surface area contributed by atoms with Crippen molar-refractivity contribution >= 4 is 29.3 Å². The Morgan fingerprint density at radius 2 is 1.74 bits per heavy atom. The second kappa shape index (κ2) is 11.1. The molecule has 1 aliphatic carbocycles. The SMILES string of the molecule is CN(CCCC(=O)O)C(=O)Cc1csc(CNC(=O)OCC2c3ccccc3-c3ccccc32)n1. The molecule has 0 saturated carbocycles. The molecule has 2 amide bonds. The van der Waals surface area contributed by atoms with E-state index in [0.717, 1.165) is 11.1 Å².